The monoisotopic (exact) mass is 492 g/mol. The van der Waals surface area contributed by atoms with E-state index in [0.717, 1.165) is 10.8 Å². The van der Waals surface area contributed by atoms with Gasteiger partial charge in [-0.3, -0.25) is 14.6 Å². The molecule has 1 unspecified atom stereocenters. The Balaban J connectivity index is 1.59. The second kappa shape index (κ2) is 10.1. The molecule has 1 saturated heterocycles. The maximum Gasteiger partial charge on any atom is 0.338 e. The van der Waals surface area contributed by atoms with Crippen molar-refractivity contribution < 1.29 is 24.2 Å². The minimum absolute atomic E-state index is 0.0116. The summed E-state index contributed by atoms with van der Waals surface area (Å²) < 4.78 is 5.03. The van der Waals surface area contributed by atoms with Crippen LogP contribution in [0, 0.1) is 0 Å². The zero-order valence-corrected chi connectivity index (χ0v) is 20.1. The molecule has 0 radical (unpaired) electrons. The van der Waals surface area contributed by atoms with Crippen molar-refractivity contribution in [1.29, 1.82) is 0 Å². The van der Waals surface area contributed by atoms with Gasteiger partial charge in [-0.25, -0.2) is 4.79 Å². The van der Waals surface area contributed by atoms with E-state index in [4.69, 9.17) is 4.74 Å². The van der Waals surface area contributed by atoms with E-state index in [1.165, 1.54) is 4.90 Å². The number of ketones is 1. The van der Waals surface area contributed by atoms with Crippen LogP contribution < -0.4 is 0 Å². The van der Waals surface area contributed by atoms with Gasteiger partial charge in [-0.15, -0.1) is 0 Å². The summed E-state index contributed by atoms with van der Waals surface area (Å²) in [6, 6.07) is 22.3. The molecule has 1 aromatic heterocycles. The Kier molecular flexibility index (Phi) is 6.51. The van der Waals surface area contributed by atoms with E-state index in [1.807, 2.05) is 30.3 Å². The van der Waals surface area contributed by atoms with Crippen LogP contribution in [0.3, 0.4) is 0 Å². The maximum absolute atomic E-state index is 13.4. The lowest BCUT2D eigenvalue weighted by atomic mass is 9.94. The smallest absolute Gasteiger partial charge is 0.338 e. The minimum atomic E-state index is -0.836. The number of nitrogens with zero attached hydrogens (tertiary/aromatic N) is 2. The highest BCUT2D eigenvalue weighted by atomic mass is 16.5. The first-order chi connectivity index (χ1) is 18.0. The number of fused-ring (bicyclic) bond motifs is 1. The van der Waals surface area contributed by atoms with Crippen molar-refractivity contribution in [2.75, 3.05) is 6.61 Å². The number of carbonyl (C=O) groups excluding carboxylic acids is 3. The van der Waals surface area contributed by atoms with Crippen LogP contribution in [0.4, 0.5) is 0 Å². The number of aromatic nitrogens is 1. The van der Waals surface area contributed by atoms with Crippen LogP contribution in [0.2, 0.25) is 0 Å². The van der Waals surface area contributed by atoms with Gasteiger partial charge in [0.05, 0.1) is 23.8 Å². The van der Waals surface area contributed by atoms with Crippen LogP contribution in [0.5, 0.6) is 0 Å². The van der Waals surface area contributed by atoms with Gasteiger partial charge in [-0.1, -0.05) is 60.7 Å². The predicted octanol–water partition coefficient (Wildman–Crippen LogP) is 5.03. The molecule has 0 aliphatic carbocycles. The van der Waals surface area contributed by atoms with Gasteiger partial charge in [0.2, 0.25) is 0 Å². The van der Waals surface area contributed by atoms with E-state index in [-0.39, 0.29) is 24.5 Å². The number of rotatable bonds is 6. The molecule has 2 heterocycles. The van der Waals surface area contributed by atoms with Crippen molar-refractivity contribution in [3.63, 3.8) is 0 Å². The number of esters is 1. The van der Waals surface area contributed by atoms with E-state index >= 15 is 0 Å². The van der Waals surface area contributed by atoms with Crippen LogP contribution in [-0.2, 0) is 20.9 Å². The number of Topliss-reactive ketones (excluding diaryl/α,β-unsaturated/α-hetero) is 1. The molecule has 0 saturated carbocycles. The minimum Gasteiger partial charge on any atom is -0.507 e. The molecule has 1 aliphatic heterocycles. The average molecular weight is 493 g/mol. The molecule has 0 bridgehead atoms. The number of carbonyl (C=O) groups is 3. The van der Waals surface area contributed by atoms with Crippen LogP contribution >= 0.6 is 0 Å². The molecule has 1 aliphatic rings. The number of benzene rings is 3. The molecule has 0 spiro atoms. The highest BCUT2D eigenvalue weighted by molar-refractivity contribution is 6.46. The molecule has 7 heteroatoms. The van der Waals surface area contributed by atoms with Crippen LogP contribution in [0.1, 0.15) is 40.0 Å². The van der Waals surface area contributed by atoms with Gasteiger partial charge in [0.25, 0.3) is 11.7 Å². The van der Waals surface area contributed by atoms with Gasteiger partial charge in [-0.2, -0.15) is 0 Å². The van der Waals surface area contributed by atoms with Gasteiger partial charge in [0.15, 0.2) is 0 Å². The summed E-state index contributed by atoms with van der Waals surface area (Å²) in [6.45, 7) is 2.10. The number of aliphatic hydroxyl groups is 1. The third-order valence-corrected chi connectivity index (χ3v) is 6.40. The van der Waals surface area contributed by atoms with Crippen molar-refractivity contribution >= 4 is 34.2 Å². The first kappa shape index (κ1) is 23.9. The number of hydrogen-bond donors (Lipinski definition) is 1. The topological polar surface area (TPSA) is 96.8 Å². The third kappa shape index (κ3) is 4.47. The zero-order chi connectivity index (χ0) is 25.9. The van der Waals surface area contributed by atoms with E-state index in [1.54, 1.807) is 67.8 Å². The van der Waals surface area contributed by atoms with Crippen LogP contribution in [0.15, 0.2) is 96.8 Å². The van der Waals surface area contributed by atoms with Crippen LogP contribution in [-0.4, -0.2) is 39.3 Å². The number of amides is 1. The Morgan fingerprint density at radius 3 is 2.46 bits per heavy atom. The lowest BCUT2D eigenvalue weighted by molar-refractivity contribution is -0.140. The van der Waals surface area contributed by atoms with Crippen molar-refractivity contribution in [1.82, 2.24) is 9.88 Å². The first-order valence-electron chi connectivity index (χ1n) is 11.9. The van der Waals surface area contributed by atoms with E-state index in [0.29, 0.717) is 22.3 Å². The lowest BCUT2D eigenvalue weighted by Gasteiger charge is -2.25. The van der Waals surface area contributed by atoms with Crippen molar-refractivity contribution in [3.8, 4) is 0 Å². The molecule has 3 aromatic carbocycles. The number of ether oxygens (including phenoxy) is 1. The van der Waals surface area contributed by atoms with Crippen LogP contribution in [0.25, 0.3) is 16.5 Å². The Labute approximate surface area is 213 Å². The highest BCUT2D eigenvalue weighted by Crippen LogP contribution is 2.41. The second-order valence-electron chi connectivity index (χ2n) is 8.66. The van der Waals surface area contributed by atoms with Gasteiger partial charge in [0.1, 0.15) is 5.76 Å². The van der Waals surface area contributed by atoms with Crippen molar-refractivity contribution in [2.24, 2.45) is 0 Å². The maximum atomic E-state index is 13.4. The molecule has 1 N–H and O–H groups in total. The lowest BCUT2D eigenvalue weighted by Crippen LogP contribution is -2.29. The number of likely N-dealkylation sites (tertiary alicyclic amines) is 1. The Bertz CT molecular complexity index is 1520. The second-order valence-corrected chi connectivity index (χ2v) is 8.66. The Hall–Kier alpha value is -4.78. The summed E-state index contributed by atoms with van der Waals surface area (Å²) >= 11 is 0. The molecule has 1 atom stereocenters. The normalized spacial score (nSPS) is 16.8. The van der Waals surface area contributed by atoms with Gasteiger partial charge < -0.3 is 14.7 Å². The van der Waals surface area contributed by atoms with E-state index in [9.17, 15) is 19.5 Å². The fraction of sp³-hybridized carbons (Fsp3) is 0.133. The Morgan fingerprint density at radius 2 is 1.73 bits per heavy atom. The summed E-state index contributed by atoms with van der Waals surface area (Å²) in [7, 11) is 0. The quantitative estimate of drug-likeness (QED) is 0.175. The zero-order valence-electron chi connectivity index (χ0n) is 20.1. The fourth-order valence-corrected chi connectivity index (χ4v) is 4.66. The molecule has 1 amide bonds. The first-order valence-corrected chi connectivity index (χ1v) is 11.9. The van der Waals surface area contributed by atoms with E-state index in [2.05, 4.69) is 4.98 Å². The summed E-state index contributed by atoms with van der Waals surface area (Å²) in [4.78, 5) is 44.3. The highest BCUT2D eigenvalue weighted by Gasteiger charge is 2.46. The number of aliphatic hydroxyl groups excluding tert-OH is 1. The molecular weight excluding hydrogens is 468 g/mol. The predicted molar refractivity (Wildman–Crippen MR) is 138 cm³/mol. The molecule has 5 rings (SSSR count). The van der Waals surface area contributed by atoms with Gasteiger partial charge in [0, 0.05) is 24.5 Å². The SMILES string of the molecule is CCOC(=O)c1ccc(CN2C(=O)C(=O)/C(=C(\O)c3cccc4ccccc34)C2c2cccnc2)cc1. The summed E-state index contributed by atoms with van der Waals surface area (Å²) in [6.07, 6.45) is 3.19. The Morgan fingerprint density at radius 1 is 0.973 bits per heavy atom. The largest absolute Gasteiger partial charge is 0.507 e. The molecular formula is C30H24N2O5. The third-order valence-electron chi connectivity index (χ3n) is 6.40. The number of pyridine rings is 1. The van der Waals surface area contributed by atoms with Crippen molar-refractivity contribution in [2.45, 2.75) is 19.5 Å². The standard InChI is InChI=1S/C30H24N2O5/c1-2-37-30(36)21-14-12-19(13-15-21)18-32-26(22-9-6-16-31-17-22)25(28(34)29(32)35)27(33)24-11-5-8-20-7-3-4-10-23(20)24/h3-17,26,33H,2,18H2,1H3/b27-25-. The molecule has 7 nitrogen and oxygen atoms in total. The summed E-state index contributed by atoms with van der Waals surface area (Å²) in [5.41, 5.74) is 2.20. The summed E-state index contributed by atoms with van der Waals surface area (Å²) in [5, 5.41) is 13.2. The average Bonchev–Trinajstić information content (AvgIpc) is 3.18. The van der Waals surface area contributed by atoms with Gasteiger partial charge in [-0.05, 0) is 47.0 Å². The molecule has 37 heavy (non-hydrogen) atoms. The number of hydrogen-bond acceptors (Lipinski definition) is 6. The van der Waals surface area contributed by atoms with Gasteiger partial charge >= 0.3 is 5.97 Å². The van der Waals surface area contributed by atoms with E-state index < -0.39 is 23.7 Å². The fourth-order valence-electron chi connectivity index (χ4n) is 4.66. The molecule has 4 aromatic rings. The van der Waals surface area contributed by atoms with Crippen molar-refractivity contribution in [3.05, 3.63) is 119 Å². The molecule has 1 fully saturated rings. The molecule has 184 valence electrons. The summed E-state index contributed by atoms with van der Waals surface area (Å²) in [5.74, 6) is -2.14.